The minimum absolute atomic E-state index is 0.0229. The van der Waals surface area contributed by atoms with Crippen molar-refractivity contribution in [2.24, 2.45) is 11.7 Å². The van der Waals surface area contributed by atoms with E-state index in [9.17, 15) is 24.6 Å². The van der Waals surface area contributed by atoms with Gasteiger partial charge in [-0.1, -0.05) is 60.7 Å². The van der Waals surface area contributed by atoms with Crippen LogP contribution in [0.5, 0.6) is 0 Å². The van der Waals surface area contributed by atoms with Crippen molar-refractivity contribution in [2.75, 3.05) is 6.61 Å². The number of carbonyl (C=O) groups excluding carboxylic acids is 3. The molecule has 9 nitrogen and oxygen atoms in total. The van der Waals surface area contributed by atoms with E-state index in [1.165, 1.54) is 0 Å². The number of amides is 3. The fourth-order valence-corrected chi connectivity index (χ4v) is 3.74. The van der Waals surface area contributed by atoms with E-state index in [0.29, 0.717) is 6.42 Å². The van der Waals surface area contributed by atoms with Crippen LogP contribution in [0.1, 0.15) is 38.3 Å². The van der Waals surface area contributed by atoms with Crippen LogP contribution < -0.4 is 16.4 Å². The lowest BCUT2D eigenvalue weighted by Crippen LogP contribution is -2.51. The van der Waals surface area contributed by atoms with Crippen LogP contribution in [-0.4, -0.2) is 58.5 Å². The van der Waals surface area contributed by atoms with E-state index in [0.717, 1.165) is 11.1 Å². The summed E-state index contributed by atoms with van der Waals surface area (Å²) in [5, 5.41) is 25.8. The molecular weight excluding hydrogens is 462 g/mol. The third kappa shape index (κ3) is 10.1. The number of benzene rings is 2. The van der Waals surface area contributed by atoms with Crippen LogP contribution in [0.3, 0.4) is 0 Å². The van der Waals surface area contributed by atoms with Crippen LogP contribution in [-0.2, 0) is 27.2 Å². The fraction of sp³-hybridized carbons (Fsp3) is 0.444. The van der Waals surface area contributed by atoms with Gasteiger partial charge in [-0.25, -0.2) is 4.79 Å². The molecule has 0 fully saturated rings. The molecular formula is C27H37N3O6. The number of ether oxygens (including phenoxy) is 1. The average Bonchev–Trinajstić information content (AvgIpc) is 2.81. The Balaban J connectivity index is 2.26. The van der Waals surface area contributed by atoms with Crippen LogP contribution in [0.15, 0.2) is 60.7 Å². The normalized spacial score (nSPS) is 14.7. The summed E-state index contributed by atoms with van der Waals surface area (Å²) in [6.45, 7) is 4.59. The summed E-state index contributed by atoms with van der Waals surface area (Å²) in [6, 6.07) is 16.6. The fourth-order valence-electron chi connectivity index (χ4n) is 3.74. The summed E-state index contributed by atoms with van der Waals surface area (Å²) in [6.07, 6.45) is -1.25. The number of carbonyl (C=O) groups is 3. The third-order valence-corrected chi connectivity index (χ3v) is 5.53. The largest absolute Gasteiger partial charge is 0.444 e. The number of nitrogens with two attached hydrogens (primary N) is 1. The minimum atomic E-state index is -1.24. The first-order valence-electron chi connectivity index (χ1n) is 11.9. The molecule has 0 saturated carbocycles. The smallest absolute Gasteiger partial charge is 0.407 e. The summed E-state index contributed by atoms with van der Waals surface area (Å²) in [5.41, 5.74) is 6.27. The second kappa shape index (κ2) is 13.6. The zero-order valence-electron chi connectivity index (χ0n) is 21.0. The summed E-state index contributed by atoms with van der Waals surface area (Å²) < 4.78 is 5.38. The number of nitrogens with one attached hydrogen (secondary N) is 2. The summed E-state index contributed by atoms with van der Waals surface area (Å²) in [5.74, 6) is -2.17. The van der Waals surface area contributed by atoms with Crippen molar-refractivity contribution in [2.45, 2.75) is 63.8 Å². The molecule has 0 aliphatic carbocycles. The standard InChI is InChI=1S/C27H37N3O6/c1-27(2,3)36-26(35)30-21(15-19-12-8-5-9-13-19)23(32)16-20(14-18-10-6-4-7-11-18)25(34)29-22(17-31)24(28)33/h4-13,20-23,31-32H,14-17H2,1-3H3,(H2,28,33)(H,29,34)(H,30,35)/t20-,21-,22-,23-/m0/s1. The Morgan fingerprint density at radius 2 is 1.44 bits per heavy atom. The van der Waals surface area contributed by atoms with E-state index < -0.39 is 54.2 Å². The van der Waals surface area contributed by atoms with Crippen molar-refractivity contribution in [3.05, 3.63) is 71.8 Å². The lowest BCUT2D eigenvalue weighted by atomic mass is 9.88. The average molecular weight is 500 g/mol. The van der Waals surface area contributed by atoms with Crippen LogP contribution in [0, 0.1) is 5.92 Å². The van der Waals surface area contributed by atoms with E-state index in [-0.39, 0.29) is 12.8 Å². The molecule has 0 aliphatic rings. The molecule has 0 unspecified atom stereocenters. The van der Waals surface area contributed by atoms with Crippen LogP contribution in [0.4, 0.5) is 4.79 Å². The molecule has 36 heavy (non-hydrogen) atoms. The van der Waals surface area contributed by atoms with Gasteiger partial charge in [0.15, 0.2) is 0 Å². The first-order chi connectivity index (χ1) is 17.0. The first-order valence-corrected chi connectivity index (χ1v) is 11.9. The van der Waals surface area contributed by atoms with E-state index in [1.54, 1.807) is 20.8 Å². The van der Waals surface area contributed by atoms with Crippen molar-refractivity contribution >= 4 is 17.9 Å². The van der Waals surface area contributed by atoms with Gasteiger partial charge in [0.05, 0.1) is 18.8 Å². The van der Waals surface area contributed by atoms with Gasteiger partial charge >= 0.3 is 6.09 Å². The van der Waals surface area contributed by atoms with Gasteiger partial charge in [0, 0.05) is 5.92 Å². The van der Waals surface area contributed by atoms with Crippen LogP contribution in [0.2, 0.25) is 0 Å². The molecule has 3 amide bonds. The molecule has 196 valence electrons. The monoisotopic (exact) mass is 499 g/mol. The number of rotatable bonds is 12. The van der Waals surface area contributed by atoms with Crippen molar-refractivity contribution in [1.29, 1.82) is 0 Å². The Morgan fingerprint density at radius 3 is 1.92 bits per heavy atom. The summed E-state index contributed by atoms with van der Waals surface area (Å²) >= 11 is 0. The number of aliphatic hydroxyl groups excluding tert-OH is 2. The quantitative estimate of drug-likeness (QED) is 0.300. The molecule has 9 heteroatoms. The second-order valence-electron chi connectivity index (χ2n) is 9.78. The summed E-state index contributed by atoms with van der Waals surface area (Å²) in [4.78, 5) is 37.2. The number of hydrogen-bond acceptors (Lipinski definition) is 6. The second-order valence-corrected chi connectivity index (χ2v) is 9.78. The Hall–Kier alpha value is -3.43. The highest BCUT2D eigenvalue weighted by Crippen LogP contribution is 2.19. The maximum Gasteiger partial charge on any atom is 0.407 e. The Labute approximate surface area is 212 Å². The predicted octanol–water partition coefficient (Wildman–Crippen LogP) is 1.69. The van der Waals surface area contributed by atoms with E-state index in [2.05, 4.69) is 10.6 Å². The van der Waals surface area contributed by atoms with E-state index in [4.69, 9.17) is 10.5 Å². The highest BCUT2D eigenvalue weighted by atomic mass is 16.6. The van der Waals surface area contributed by atoms with Gasteiger partial charge in [-0.3, -0.25) is 9.59 Å². The van der Waals surface area contributed by atoms with Gasteiger partial charge in [-0.05, 0) is 51.2 Å². The van der Waals surface area contributed by atoms with Crippen LogP contribution >= 0.6 is 0 Å². The van der Waals surface area contributed by atoms with E-state index in [1.807, 2.05) is 60.7 Å². The van der Waals surface area contributed by atoms with Crippen LogP contribution in [0.25, 0.3) is 0 Å². The Bertz CT molecular complexity index is 978. The lowest BCUT2D eigenvalue weighted by Gasteiger charge is -2.29. The maximum atomic E-state index is 13.1. The number of primary amides is 1. The summed E-state index contributed by atoms with van der Waals surface area (Å²) in [7, 11) is 0. The first kappa shape index (κ1) is 28.8. The number of hydrogen-bond donors (Lipinski definition) is 5. The van der Waals surface area contributed by atoms with Crippen molar-refractivity contribution in [1.82, 2.24) is 10.6 Å². The van der Waals surface area contributed by atoms with Gasteiger partial charge in [0.2, 0.25) is 11.8 Å². The number of aliphatic hydroxyl groups is 2. The molecule has 0 spiro atoms. The molecule has 2 aromatic rings. The SMILES string of the molecule is CC(C)(C)OC(=O)N[C@@H](Cc1ccccc1)[C@@H](O)C[C@H](Cc1ccccc1)C(=O)N[C@@H](CO)C(N)=O. The molecule has 0 bridgehead atoms. The molecule has 2 rings (SSSR count). The van der Waals surface area contributed by atoms with Crippen molar-refractivity contribution in [3.63, 3.8) is 0 Å². The van der Waals surface area contributed by atoms with Gasteiger partial charge in [0.1, 0.15) is 11.6 Å². The predicted molar refractivity (Wildman–Crippen MR) is 136 cm³/mol. The molecule has 4 atom stereocenters. The lowest BCUT2D eigenvalue weighted by molar-refractivity contribution is -0.131. The van der Waals surface area contributed by atoms with Gasteiger partial charge in [-0.15, -0.1) is 0 Å². The molecule has 0 aromatic heterocycles. The molecule has 0 aliphatic heterocycles. The van der Waals surface area contributed by atoms with E-state index >= 15 is 0 Å². The third-order valence-electron chi connectivity index (χ3n) is 5.53. The van der Waals surface area contributed by atoms with Gasteiger partial charge in [0.25, 0.3) is 0 Å². The molecule has 2 aromatic carbocycles. The maximum absolute atomic E-state index is 13.1. The zero-order valence-corrected chi connectivity index (χ0v) is 21.0. The highest BCUT2D eigenvalue weighted by molar-refractivity contribution is 5.87. The highest BCUT2D eigenvalue weighted by Gasteiger charge is 2.31. The van der Waals surface area contributed by atoms with Crippen molar-refractivity contribution in [3.8, 4) is 0 Å². The molecule has 6 N–H and O–H groups in total. The van der Waals surface area contributed by atoms with Crippen molar-refractivity contribution < 1.29 is 29.3 Å². The molecule has 0 radical (unpaired) electrons. The Kier molecular flexibility index (Phi) is 10.9. The van der Waals surface area contributed by atoms with Gasteiger partial charge in [-0.2, -0.15) is 0 Å². The molecule has 0 saturated heterocycles. The Morgan fingerprint density at radius 1 is 0.917 bits per heavy atom. The topological polar surface area (TPSA) is 151 Å². The van der Waals surface area contributed by atoms with Gasteiger partial charge < -0.3 is 31.3 Å². The zero-order chi connectivity index (χ0) is 26.7. The minimum Gasteiger partial charge on any atom is -0.444 e. The molecule has 0 heterocycles. The number of alkyl carbamates (subject to hydrolysis) is 1.